The zero-order valence-corrected chi connectivity index (χ0v) is 15.0. The van der Waals surface area contributed by atoms with Gasteiger partial charge >= 0.3 is 12.2 Å². The molecule has 0 bridgehead atoms. The number of carbonyl (C=O) groups is 1. The average molecular weight is 402 g/mol. The highest BCUT2D eigenvalue weighted by atomic mass is 19.4. The molecule has 2 amide bonds. The van der Waals surface area contributed by atoms with E-state index in [9.17, 15) is 26.7 Å². The van der Waals surface area contributed by atoms with Crippen molar-refractivity contribution in [2.24, 2.45) is 0 Å². The molecule has 2 aromatic carbocycles. The number of carbonyl (C=O) groups excluding carboxylic acids is 1. The molecule has 1 N–H and O–H groups in total. The van der Waals surface area contributed by atoms with Crippen molar-refractivity contribution in [2.75, 3.05) is 13.7 Å². The van der Waals surface area contributed by atoms with E-state index in [0.29, 0.717) is 11.1 Å². The number of halogens is 5. The van der Waals surface area contributed by atoms with Gasteiger partial charge in [0.05, 0.1) is 5.56 Å². The van der Waals surface area contributed by atoms with Crippen LogP contribution in [0.4, 0.5) is 26.7 Å². The van der Waals surface area contributed by atoms with Gasteiger partial charge in [0, 0.05) is 20.1 Å². The van der Waals surface area contributed by atoms with Crippen molar-refractivity contribution in [2.45, 2.75) is 25.7 Å². The molecule has 0 atom stereocenters. The maximum Gasteiger partial charge on any atom is 0.416 e. The number of rotatable bonds is 7. The van der Waals surface area contributed by atoms with Crippen molar-refractivity contribution in [3.05, 3.63) is 65.2 Å². The number of urea groups is 1. The quantitative estimate of drug-likeness (QED) is 0.683. The first-order valence-electron chi connectivity index (χ1n) is 8.30. The van der Waals surface area contributed by atoms with Gasteiger partial charge in [0.15, 0.2) is 0 Å². The molecule has 4 nitrogen and oxygen atoms in total. The molecule has 0 aliphatic rings. The van der Waals surface area contributed by atoms with Gasteiger partial charge in [0.25, 0.3) is 6.43 Å². The van der Waals surface area contributed by atoms with Gasteiger partial charge in [-0.2, -0.15) is 13.2 Å². The molecular weight excluding hydrogens is 383 g/mol. The minimum absolute atomic E-state index is 0.126. The first-order valence-corrected chi connectivity index (χ1v) is 8.30. The van der Waals surface area contributed by atoms with E-state index in [1.54, 1.807) is 18.2 Å². The second-order valence-electron chi connectivity index (χ2n) is 6.06. The molecular formula is C19H19F5N2O2. The third-order valence-electron chi connectivity index (χ3n) is 3.77. The molecule has 0 heterocycles. The second kappa shape index (κ2) is 9.38. The van der Waals surface area contributed by atoms with Crippen LogP contribution in [0.3, 0.4) is 0 Å². The van der Waals surface area contributed by atoms with E-state index in [1.165, 1.54) is 30.1 Å². The Labute approximate surface area is 158 Å². The predicted octanol–water partition coefficient (Wildman–Crippen LogP) is 4.69. The monoisotopic (exact) mass is 402 g/mol. The van der Waals surface area contributed by atoms with E-state index in [-0.39, 0.29) is 18.8 Å². The normalized spacial score (nSPS) is 11.4. The largest absolute Gasteiger partial charge is 0.488 e. The number of hydrogen-bond donors (Lipinski definition) is 1. The zero-order valence-electron chi connectivity index (χ0n) is 15.0. The van der Waals surface area contributed by atoms with Gasteiger partial charge in [-0.3, -0.25) is 0 Å². The summed E-state index contributed by atoms with van der Waals surface area (Å²) >= 11 is 0. The van der Waals surface area contributed by atoms with Gasteiger partial charge in [-0.1, -0.05) is 24.3 Å². The van der Waals surface area contributed by atoms with E-state index < -0.39 is 30.8 Å². The van der Waals surface area contributed by atoms with Crippen LogP contribution in [-0.2, 0) is 19.3 Å². The zero-order chi connectivity index (χ0) is 20.7. The summed E-state index contributed by atoms with van der Waals surface area (Å²) in [5.74, 6) is 0.269. The minimum atomic E-state index is -4.41. The Kier molecular flexibility index (Phi) is 7.19. The first-order chi connectivity index (χ1) is 13.1. The number of nitrogens with one attached hydrogen (secondary N) is 1. The summed E-state index contributed by atoms with van der Waals surface area (Å²) in [5, 5.41) is 2.65. The average Bonchev–Trinajstić information content (AvgIpc) is 2.64. The molecule has 0 unspecified atom stereocenters. The number of ether oxygens (including phenoxy) is 1. The van der Waals surface area contributed by atoms with Crippen molar-refractivity contribution in [3.63, 3.8) is 0 Å². The third kappa shape index (κ3) is 6.71. The molecule has 2 rings (SSSR count). The second-order valence-corrected chi connectivity index (χ2v) is 6.06. The molecule has 0 spiro atoms. The lowest BCUT2D eigenvalue weighted by Gasteiger charge is -2.18. The molecule has 0 radical (unpaired) electrons. The number of alkyl halides is 5. The minimum Gasteiger partial charge on any atom is -0.488 e. The van der Waals surface area contributed by atoms with Crippen molar-refractivity contribution < 1.29 is 31.5 Å². The van der Waals surface area contributed by atoms with E-state index in [0.717, 1.165) is 12.1 Å². The Balaban J connectivity index is 1.86. The van der Waals surface area contributed by atoms with E-state index in [4.69, 9.17) is 4.74 Å². The highest BCUT2D eigenvalue weighted by Crippen LogP contribution is 2.29. The summed E-state index contributed by atoms with van der Waals surface area (Å²) in [7, 11) is 1.51. The number of benzene rings is 2. The van der Waals surface area contributed by atoms with Crippen LogP contribution in [0.2, 0.25) is 0 Å². The Morgan fingerprint density at radius 1 is 1.11 bits per heavy atom. The lowest BCUT2D eigenvalue weighted by molar-refractivity contribution is -0.137. The highest BCUT2D eigenvalue weighted by molar-refractivity contribution is 5.73. The molecule has 152 valence electrons. The van der Waals surface area contributed by atoms with Gasteiger partial charge in [-0.25, -0.2) is 13.6 Å². The lowest BCUT2D eigenvalue weighted by Crippen LogP contribution is -2.36. The molecule has 9 heteroatoms. The van der Waals surface area contributed by atoms with Gasteiger partial charge in [0.2, 0.25) is 0 Å². The molecule has 2 aromatic rings. The molecule has 28 heavy (non-hydrogen) atoms. The van der Waals surface area contributed by atoms with E-state index >= 15 is 0 Å². The maximum atomic E-state index is 12.6. The predicted molar refractivity (Wildman–Crippen MR) is 93.1 cm³/mol. The highest BCUT2D eigenvalue weighted by Gasteiger charge is 2.29. The standard InChI is InChI=1S/C19H19F5N2O2/c1-26(11-13-5-7-15(8-6-13)19(22,23)24)18(27)25-10-14-3-2-4-16(9-14)28-12-17(20)21/h2-9,17H,10-12H2,1H3,(H,25,27). The van der Waals surface area contributed by atoms with Crippen LogP contribution in [0.5, 0.6) is 5.75 Å². The van der Waals surface area contributed by atoms with Crippen LogP contribution in [0.25, 0.3) is 0 Å². The SMILES string of the molecule is CN(Cc1ccc(C(F)(F)F)cc1)C(=O)NCc1cccc(OCC(F)F)c1. The Hall–Kier alpha value is -2.84. The fourth-order valence-corrected chi connectivity index (χ4v) is 2.36. The molecule has 0 aliphatic carbocycles. The van der Waals surface area contributed by atoms with E-state index in [1.807, 2.05) is 0 Å². The molecule has 0 saturated heterocycles. The summed E-state index contributed by atoms with van der Waals surface area (Å²) < 4.78 is 67.0. The fourth-order valence-electron chi connectivity index (χ4n) is 2.36. The van der Waals surface area contributed by atoms with Crippen molar-refractivity contribution >= 4 is 6.03 Å². The van der Waals surface area contributed by atoms with Gasteiger partial charge in [-0.05, 0) is 35.4 Å². The number of nitrogens with zero attached hydrogens (tertiary/aromatic N) is 1. The van der Waals surface area contributed by atoms with Crippen LogP contribution in [0, 0.1) is 0 Å². The lowest BCUT2D eigenvalue weighted by atomic mass is 10.1. The van der Waals surface area contributed by atoms with Gasteiger partial charge in [0.1, 0.15) is 12.4 Å². The Morgan fingerprint density at radius 3 is 2.39 bits per heavy atom. The fraction of sp³-hybridized carbons (Fsp3) is 0.316. The number of amides is 2. The summed E-state index contributed by atoms with van der Waals surface area (Å²) in [4.78, 5) is 13.5. The summed E-state index contributed by atoms with van der Waals surface area (Å²) in [6.07, 6.45) is -6.99. The van der Waals surface area contributed by atoms with Gasteiger partial charge in [-0.15, -0.1) is 0 Å². The molecule has 0 fully saturated rings. The third-order valence-corrected chi connectivity index (χ3v) is 3.77. The van der Waals surface area contributed by atoms with Crippen LogP contribution in [0.1, 0.15) is 16.7 Å². The van der Waals surface area contributed by atoms with Crippen molar-refractivity contribution in [3.8, 4) is 5.75 Å². The van der Waals surface area contributed by atoms with Gasteiger partial charge < -0.3 is 15.0 Å². The van der Waals surface area contributed by atoms with Crippen molar-refractivity contribution in [1.29, 1.82) is 0 Å². The van der Waals surface area contributed by atoms with Crippen molar-refractivity contribution in [1.82, 2.24) is 10.2 Å². The summed E-state index contributed by atoms with van der Waals surface area (Å²) in [5.41, 5.74) is 0.452. The number of hydrogen-bond acceptors (Lipinski definition) is 2. The maximum absolute atomic E-state index is 12.6. The molecule has 0 aromatic heterocycles. The molecule has 0 saturated carbocycles. The van der Waals surface area contributed by atoms with Crippen LogP contribution in [-0.4, -0.2) is 31.0 Å². The summed E-state index contributed by atoms with van der Waals surface area (Å²) in [6, 6.07) is 10.5. The Bertz CT molecular complexity index is 779. The van der Waals surface area contributed by atoms with E-state index in [2.05, 4.69) is 5.32 Å². The smallest absolute Gasteiger partial charge is 0.416 e. The van der Waals surface area contributed by atoms with Crippen LogP contribution in [0.15, 0.2) is 48.5 Å². The first kappa shape index (κ1) is 21.5. The topological polar surface area (TPSA) is 41.6 Å². The molecule has 0 aliphatic heterocycles. The Morgan fingerprint density at radius 2 is 1.79 bits per heavy atom. The van der Waals surface area contributed by atoms with Crippen LogP contribution >= 0.6 is 0 Å². The van der Waals surface area contributed by atoms with Crippen LogP contribution < -0.4 is 10.1 Å². The summed E-state index contributed by atoms with van der Waals surface area (Å²) in [6.45, 7) is -0.449.